The van der Waals surface area contributed by atoms with Gasteiger partial charge < -0.3 is 5.73 Å². The Labute approximate surface area is 103 Å². The summed E-state index contributed by atoms with van der Waals surface area (Å²) in [4.78, 5) is 8.15. The molecule has 0 saturated carbocycles. The zero-order chi connectivity index (χ0) is 12.4. The summed E-state index contributed by atoms with van der Waals surface area (Å²) in [5.74, 6) is 0.142. The molecular formula is C12H9ClFN3. The standard InChI is InChI=1S/C12H9ClFN3/c1-2-7-6-16-12(17-11(7)15)8-3-4-9(13)10(14)5-8/h2-6H,1H2,(H2,15,16,17). The van der Waals surface area contributed by atoms with Gasteiger partial charge in [0.2, 0.25) is 0 Å². The number of nitrogen functional groups attached to an aromatic ring is 1. The Balaban J connectivity index is 2.49. The maximum atomic E-state index is 13.3. The van der Waals surface area contributed by atoms with Gasteiger partial charge in [-0.25, -0.2) is 14.4 Å². The Kier molecular flexibility index (Phi) is 3.06. The molecular weight excluding hydrogens is 241 g/mol. The van der Waals surface area contributed by atoms with E-state index in [4.69, 9.17) is 17.3 Å². The van der Waals surface area contributed by atoms with Crippen LogP contribution in [-0.4, -0.2) is 9.97 Å². The second-order valence-electron chi connectivity index (χ2n) is 3.37. The fraction of sp³-hybridized carbons (Fsp3) is 0. The molecule has 2 aromatic rings. The fourth-order valence-electron chi connectivity index (χ4n) is 1.34. The van der Waals surface area contributed by atoms with Crippen molar-refractivity contribution in [1.29, 1.82) is 0 Å². The van der Waals surface area contributed by atoms with Crippen LogP contribution >= 0.6 is 11.6 Å². The highest BCUT2D eigenvalue weighted by atomic mass is 35.5. The van der Waals surface area contributed by atoms with Crippen molar-refractivity contribution in [2.45, 2.75) is 0 Å². The number of benzene rings is 1. The minimum absolute atomic E-state index is 0.0597. The van der Waals surface area contributed by atoms with E-state index in [-0.39, 0.29) is 5.02 Å². The Morgan fingerprint density at radius 2 is 2.18 bits per heavy atom. The van der Waals surface area contributed by atoms with Gasteiger partial charge in [-0.1, -0.05) is 24.3 Å². The van der Waals surface area contributed by atoms with Crippen LogP contribution in [-0.2, 0) is 0 Å². The first-order chi connectivity index (χ1) is 8.11. The van der Waals surface area contributed by atoms with Crippen LogP contribution in [0.2, 0.25) is 5.02 Å². The maximum absolute atomic E-state index is 13.3. The molecule has 5 heteroatoms. The van der Waals surface area contributed by atoms with Crippen LogP contribution in [0.1, 0.15) is 5.56 Å². The van der Waals surface area contributed by atoms with Crippen molar-refractivity contribution in [3.05, 3.63) is 47.4 Å². The molecule has 17 heavy (non-hydrogen) atoms. The predicted octanol–water partition coefficient (Wildman–Crippen LogP) is 3.16. The van der Waals surface area contributed by atoms with Crippen molar-refractivity contribution < 1.29 is 4.39 Å². The minimum atomic E-state index is -0.515. The van der Waals surface area contributed by atoms with E-state index in [0.29, 0.717) is 22.8 Å². The summed E-state index contributed by atoms with van der Waals surface area (Å²) in [7, 11) is 0. The Hall–Kier alpha value is -1.94. The van der Waals surface area contributed by atoms with Crippen LogP contribution in [0.4, 0.5) is 10.2 Å². The highest BCUT2D eigenvalue weighted by molar-refractivity contribution is 6.30. The molecule has 0 unspecified atom stereocenters. The van der Waals surface area contributed by atoms with Gasteiger partial charge in [-0.15, -0.1) is 0 Å². The SMILES string of the molecule is C=Cc1cnc(-c2ccc(Cl)c(F)c2)nc1N. The molecule has 0 aliphatic carbocycles. The van der Waals surface area contributed by atoms with E-state index in [1.54, 1.807) is 12.1 Å². The van der Waals surface area contributed by atoms with Crippen molar-refractivity contribution >= 4 is 23.5 Å². The molecule has 0 spiro atoms. The van der Waals surface area contributed by atoms with Crippen LogP contribution in [0.15, 0.2) is 31.0 Å². The first kappa shape index (κ1) is 11.5. The van der Waals surface area contributed by atoms with E-state index in [1.807, 2.05) is 0 Å². The van der Waals surface area contributed by atoms with Gasteiger partial charge in [0.1, 0.15) is 11.6 Å². The molecule has 2 rings (SSSR count). The second-order valence-corrected chi connectivity index (χ2v) is 3.77. The number of halogens is 2. The van der Waals surface area contributed by atoms with Crippen LogP contribution < -0.4 is 5.73 Å². The summed E-state index contributed by atoms with van der Waals surface area (Å²) in [6.45, 7) is 3.58. The van der Waals surface area contributed by atoms with Gasteiger partial charge in [0.25, 0.3) is 0 Å². The quantitative estimate of drug-likeness (QED) is 0.889. The van der Waals surface area contributed by atoms with Crippen LogP contribution in [0.25, 0.3) is 17.5 Å². The van der Waals surface area contributed by atoms with E-state index < -0.39 is 5.82 Å². The summed E-state index contributed by atoms with van der Waals surface area (Å²) >= 11 is 5.59. The van der Waals surface area contributed by atoms with Gasteiger partial charge in [-0.3, -0.25) is 0 Å². The van der Waals surface area contributed by atoms with E-state index >= 15 is 0 Å². The molecule has 0 aliphatic heterocycles. The highest BCUT2D eigenvalue weighted by Gasteiger charge is 2.07. The van der Waals surface area contributed by atoms with Gasteiger partial charge in [-0.2, -0.15) is 0 Å². The maximum Gasteiger partial charge on any atom is 0.161 e. The van der Waals surface area contributed by atoms with E-state index in [0.717, 1.165) is 0 Å². The molecule has 2 N–H and O–H groups in total. The Morgan fingerprint density at radius 3 is 2.76 bits per heavy atom. The predicted molar refractivity (Wildman–Crippen MR) is 66.9 cm³/mol. The molecule has 3 nitrogen and oxygen atoms in total. The van der Waals surface area contributed by atoms with Crippen molar-refractivity contribution in [2.24, 2.45) is 0 Å². The first-order valence-electron chi connectivity index (χ1n) is 4.82. The summed E-state index contributed by atoms with van der Waals surface area (Å²) < 4.78 is 13.3. The van der Waals surface area contributed by atoms with Crippen molar-refractivity contribution in [3.8, 4) is 11.4 Å². The zero-order valence-electron chi connectivity index (χ0n) is 8.82. The lowest BCUT2D eigenvalue weighted by Gasteiger charge is -2.04. The van der Waals surface area contributed by atoms with E-state index in [2.05, 4.69) is 16.5 Å². The van der Waals surface area contributed by atoms with Crippen LogP contribution in [0.5, 0.6) is 0 Å². The van der Waals surface area contributed by atoms with Gasteiger partial charge in [-0.05, 0) is 18.2 Å². The number of anilines is 1. The summed E-state index contributed by atoms with van der Waals surface area (Å²) in [5, 5.41) is 0.0597. The van der Waals surface area contributed by atoms with E-state index in [9.17, 15) is 4.39 Å². The number of rotatable bonds is 2. The Morgan fingerprint density at radius 1 is 1.41 bits per heavy atom. The molecule has 0 aliphatic rings. The molecule has 0 fully saturated rings. The molecule has 0 bridgehead atoms. The lowest BCUT2D eigenvalue weighted by atomic mass is 10.2. The van der Waals surface area contributed by atoms with Crippen molar-refractivity contribution in [2.75, 3.05) is 5.73 Å². The van der Waals surface area contributed by atoms with Gasteiger partial charge in [0.05, 0.1) is 5.02 Å². The van der Waals surface area contributed by atoms with Crippen molar-refractivity contribution in [1.82, 2.24) is 9.97 Å². The fourth-order valence-corrected chi connectivity index (χ4v) is 1.45. The topological polar surface area (TPSA) is 51.8 Å². The molecule has 86 valence electrons. The molecule has 1 heterocycles. The number of hydrogen-bond donors (Lipinski definition) is 1. The summed E-state index contributed by atoms with van der Waals surface area (Å²) in [6.07, 6.45) is 3.10. The number of hydrogen-bond acceptors (Lipinski definition) is 3. The van der Waals surface area contributed by atoms with Gasteiger partial charge in [0, 0.05) is 17.3 Å². The van der Waals surface area contributed by atoms with Gasteiger partial charge >= 0.3 is 0 Å². The molecule has 1 aromatic heterocycles. The molecule has 0 atom stereocenters. The molecule has 0 saturated heterocycles. The second kappa shape index (κ2) is 4.51. The zero-order valence-corrected chi connectivity index (χ0v) is 9.58. The lowest BCUT2D eigenvalue weighted by Crippen LogP contribution is -1.98. The number of nitrogens with zero attached hydrogens (tertiary/aromatic N) is 2. The van der Waals surface area contributed by atoms with Crippen molar-refractivity contribution in [3.63, 3.8) is 0 Å². The third kappa shape index (κ3) is 2.26. The lowest BCUT2D eigenvalue weighted by molar-refractivity contribution is 0.628. The Bertz CT molecular complexity index is 584. The summed E-state index contributed by atoms with van der Waals surface area (Å²) in [6, 6.07) is 4.35. The molecule has 1 aromatic carbocycles. The van der Waals surface area contributed by atoms with Gasteiger partial charge in [0.15, 0.2) is 5.82 Å². The monoisotopic (exact) mass is 249 g/mol. The summed E-state index contributed by atoms with van der Waals surface area (Å²) in [5.41, 5.74) is 6.86. The smallest absolute Gasteiger partial charge is 0.161 e. The average molecular weight is 250 g/mol. The number of nitrogens with two attached hydrogens (primary N) is 1. The third-order valence-electron chi connectivity index (χ3n) is 2.25. The minimum Gasteiger partial charge on any atom is -0.383 e. The van der Waals surface area contributed by atoms with E-state index in [1.165, 1.54) is 18.3 Å². The first-order valence-corrected chi connectivity index (χ1v) is 5.20. The van der Waals surface area contributed by atoms with Crippen LogP contribution in [0.3, 0.4) is 0 Å². The normalized spacial score (nSPS) is 10.2. The van der Waals surface area contributed by atoms with Crippen LogP contribution in [0, 0.1) is 5.82 Å². The molecule has 0 amide bonds. The third-order valence-corrected chi connectivity index (χ3v) is 2.55. The highest BCUT2D eigenvalue weighted by Crippen LogP contribution is 2.22. The average Bonchev–Trinajstić information content (AvgIpc) is 2.32. The largest absolute Gasteiger partial charge is 0.383 e. The number of aromatic nitrogens is 2. The molecule has 0 radical (unpaired) electrons.